The Labute approximate surface area is 101 Å². The molecule has 17 heavy (non-hydrogen) atoms. The summed E-state index contributed by atoms with van der Waals surface area (Å²) in [6.45, 7) is 1.73. The number of hydrogen-bond donors (Lipinski definition) is 2. The van der Waals surface area contributed by atoms with Gasteiger partial charge in [0, 0.05) is 19.1 Å². The van der Waals surface area contributed by atoms with Crippen molar-refractivity contribution in [3.05, 3.63) is 29.8 Å². The number of carbonyl (C=O) groups is 1. The molecule has 1 atom stereocenters. The summed E-state index contributed by atoms with van der Waals surface area (Å²) < 4.78 is 0. The van der Waals surface area contributed by atoms with Crippen molar-refractivity contribution in [2.75, 3.05) is 18.0 Å². The molecule has 0 aliphatic carbocycles. The minimum Gasteiger partial charge on any atom is -0.478 e. The number of anilines is 1. The van der Waals surface area contributed by atoms with E-state index < -0.39 is 5.97 Å². The van der Waals surface area contributed by atoms with Gasteiger partial charge in [-0.15, -0.1) is 0 Å². The fraction of sp³-hybridized carbons (Fsp3) is 0.462. The Hall–Kier alpha value is -1.55. The quantitative estimate of drug-likeness (QED) is 0.817. The highest BCUT2D eigenvalue weighted by Crippen LogP contribution is 2.23. The maximum absolute atomic E-state index is 11.2. The van der Waals surface area contributed by atoms with Gasteiger partial charge in [-0.05, 0) is 31.4 Å². The number of para-hydroxylation sites is 1. The molecular weight excluding hydrogens is 216 g/mol. The average Bonchev–Trinajstić information content (AvgIpc) is 2.54. The second-order valence-electron chi connectivity index (χ2n) is 4.50. The summed E-state index contributed by atoms with van der Waals surface area (Å²) >= 11 is 0. The lowest BCUT2D eigenvalue weighted by Gasteiger charge is -2.24. The molecule has 1 aliphatic rings. The molecule has 1 unspecified atom stereocenters. The van der Waals surface area contributed by atoms with Crippen LogP contribution in [0.15, 0.2) is 24.3 Å². The Balaban J connectivity index is 2.24. The highest BCUT2D eigenvalue weighted by molar-refractivity contribution is 5.94. The summed E-state index contributed by atoms with van der Waals surface area (Å²) in [6, 6.07) is 7.42. The zero-order valence-corrected chi connectivity index (χ0v) is 9.80. The Morgan fingerprint density at radius 2 is 2.06 bits per heavy atom. The van der Waals surface area contributed by atoms with E-state index in [-0.39, 0.29) is 6.04 Å². The summed E-state index contributed by atoms with van der Waals surface area (Å²) in [5.41, 5.74) is 7.12. The molecule has 4 heteroatoms. The van der Waals surface area contributed by atoms with Crippen molar-refractivity contribution in [2.24, 2.45) is 5.73 Å². The molecule has 1 fully saturated rings. The fourth-order valence-corrected chi connectivity index (χ4v) is 2.29. The van der Waals surface area contributed by atoms with Gasteiger partial charge in [0.25, 0.3) is 0 Å². The van der Waals surface area contributed by atoms with Gasteiger partial charge in [-0.3, -0.25) is 0 Å². The average molecular weight is 234 g/mol. The molecule has 1 aliphatic heterocycles. The first-order chi connectivity index (χ1) is 8.18. The van der Waals surface area contributed by atoms with E-state index >= 15 is 0 Å². The van der Waals surface area contributed by atoms with Crippen LogP contribution in [0.3, 0.4) is 0 Å². The second-order valence-corrected chi connectivity index (χ2v) is 4.50. The van der Waals surface area contributed by atoms with Crippen LogP contribution in [0.2, 0.25) is 0 Å². The molecule has 3 N–H and O–H groups in total. The number of carboxylic acids is 1. The third-order valence-electron chi connectivity index (χ3n) is 3.25. The Morgan fingerprint density at radius 3 is 2.82 bits per heavy atom. The first-order valence-corrected chi connectivity index (χ1v) is 6.01. The molecule has 0 saturated carbocycles. The zero-order chi connectivity index (χ0) is 12.3. The van der Waals surface area contributed by atoms with Gasteiger partial charge in [0.05, 0.1) is 11.3 Å². The fourth-order valence-electron chi connectivity index (χ4n) is 2.29. The molecule has 2 rings (SSSR count). The highest BCUT2D eigenvalue weighted by Gasteiger charge is 2.18. The predicted molar refractivity (Wildman–Crippen MR) is 67.4 cm³/mol. The van der Waals surface area contributed by atoms with E-state index in [1.165, 1.54) is 0 Å². The number of nitrogens with zero attached hydrogens (tertiary/aromatic N) is 1. The molecule has 1 aromatic rings. The van der Waals surface area contributed by atoms with E-state index in [4.69, 9.17) is 10.8 Å². The van der Waals surface area contributed by atoms with Gasteiger partial charge in [0.1, 0.15) is 0 Å². The van der Waals surface area contributed by atoms with Crippen LogP contribution >= 0.6 is 0 Å². The van der Waals surface area contributed by atoms with Crippen molar-refractivity contribution < 1.29 is 9.90 Å². The van der Waals surface area contributed by atoms with Crippen LogP contribution in [0.5, 0.6) is 0 Å². The highest BCUT2D eigenvalue weighted by atomic mass is 16.4. The maximum atomic E-state index is 11.2. The van der Waals surface area contributed by atoms with Crippen molar-refractivity contribution in [1.82, 2.24) is 0 Å². The van der Waals surface area contributed by atoms with Crippen molar-refractivity contribution in [3.8, 4) is 0 Å². The van der Waals surface area contributed by atoms with Crippen molar-refractivity contribution in [2.45, 2.75) is 25.3 Å². The van der Waals surface area contributed by atoms with Crippen LogP contribution in [0.1, 0.15) is 29.6 Å². The van der Waals surface area contributed by atoms with E-state index in [1.54, 1.807) is 12.1 Å². The molecule has 0 spiro atoms. The molecule has 4 nitrogen and oxygen atoms in total. The summed E-state index contributed by atoms with van der Waals surface area (Å²) in [6.07, 6.45) is 2.97. The lowest BCUT2D eigenvalue weighted by molar-refractivity contribution is 0.0697. The Bertz CT molecular complexity index is 406. The maximum Gasteiger partial charge on any atom is 0.337 e. The summed E-state index contributed by atoms with van der Waals surface area (Å²) in [7, 11) is 0. The number of rotatable bonds is 2. The van der Waals surface area contributed by atoms with Crippen LogP contribution in [-0.4, -0.2) is 30.2 Å². The summed E-state index contributed by atoms with van der Waals surface area (Å²) in [4.78, 5) is 13.3. The molecule has 1 saturated heterocycles. The molecule has 0 aromatic heterocycles. The standard InChI is InChI=1S/C13H18N2O2/c14-10-4-3-8-15(9-7-10)12-6-2-1-5-11(12)13(16)17/h1-2,5-6,10H,3-4,7-9,14H2,(H,16,17). The zero-order valence-electron chi connectivity index (χ0n) is 9.80. The summed E-state index contributed by atoms with van der Waals surface area (Å²) in [5.74, 6) is -0.867. The predicted octanol–water partition coefficient (Wildman–Crippen LogP) is 1.70. The van der Waals surface area contributed by atoms with Crippen LogP contribution in [0, 0.1) is 0 Å². The Kier molecular flexibility index (Phi) is 3.64. The number of benzene rings is 1. The molecule has 0 amide bonds. The van der Waals surface area contributed by atoms with Crippen molar-refractivity contribution in [3.63, 3.8) is 0 Å². The van der Waals surface area contributed by atoms with Gasteiger partial charge < -0.3 is 15.7 Å². The minimum absolute atomic E-state index is 0.247. The van der Waals surface area contributed by atoms with Gasteiger partial charge in [-0.2, -0.15) is 0 Å². The van der Waals surface area contributed by atoms with Crippen molar-refractivity contribution in [1.29, 1.82) is 0 Å². The van der Waals surface area contributed by atoms with E-state index in [2.05, 4.69) is 4.90 Å². The van der Waals surface area contributed by atoms with Gasteiger partial charge in [0.15, 0.2) is 0 Å². The lowest BCUT2D eigenvalue weighted by Crippen LogP contribution is -2.27. The van der Waals surface area contributed by atoms with Gasteiger partial charge in [-0.25, -0.2) is 4.79 Å². The minimum atomic E-state index is -0.867. The number of nitrogens with two attached hydrogens (primary N) is 1. The van der Waals surface area contributed by atoms with Gasteiger partial charge >= 0.3 is 5.97 Å². The second kappa shape index (κ2) is 5.19. The first-order valence-electron chi connectivity index (χ1n) is 6.01. The lowest BCUT2D eigenvalue weighted by atomic mass is 10.1. The molecule has 0 radical (unpaired) electrons. The van der Waals surface area contributed by atoms with E-state index in [0.29, 0.717) is 5.56 Å². The molecule has 0 bridgehead atoms. The Morgan fingerprint density at radius 1 is 1.29 bits per heavy atom. The molecule has 1 aromatic carbocycles. The number of aromatic carboxylic acids is 1. The topological polar surface area (TPSA) is 66.6 Å². The number of hydrogen-bond acceptors (Lipinski definition) is 3. The van der Waals surface area contributed by atoms with E-state index in [9.17, 15) is 4.79 Å². The van der Waals surface area contributed by atoms with E-state index in [0.717, 1.165) is 38.0 Å². The number of carboxylic acid groups (broad SMARTS) is 1. The largest absolute Gasteiger partial charge is 0.478 e. The third kappa shape index (κ3) is 2.77. The van der Waals surface area contributed by atoms with Gasteiger partial charge in [-0.1, -0.05) is 12.1 Å². The van der Waals surface area contributed by atoms with Crippen molar-refractivity contribution >= 4 is 11.7 Å². The van der Waals surface area contributed by atoms with Crippen LogP contribution in [0.25, 0.3) is 0 Å². The SMILES string of the molecule is NC1CCCN(c2ccccc2C(=O)O)CC1. The van der Waals surface area contributed by atoms with Crippen LogP contribution in [-0.2, 0) is 0 Å². The van der Waals surface area contributed by atoms with Crippen LogP contribution in [0.4, 0.5) is 5.69 Å². The monoisotopic (exact) mass is 234 g/mol. The van der Waals surface area contributed by atoms with Gasteiger partial charge in [0.2, 0.25) is 0 Å². The molecule has 92 valence electrons. The third-order valence-corrected chi connectivity index (χ3v) is 3.25. The van der Waals surface area contributed by atoms with Crippen LogP contribution < -0.4 is 10.6 Å². The first kappa shape index (κ1) is 11.9. The van der Waals surface area contributed by atoms with E-state index in [1.807, 2.05) is 12.1 Å². The smallest absolute Gasteiger partial charge is 0.337 e. The normalized spacial score (nSPS) is 21.0. The summed E-state index contributed by atoms with van der Waals surface area (Å²) in [5, 5.41) is 9.17. The molecular formula is C13H18N2O2. The molecule has 1 heterocycles.